The minimum Gasteiger partial charge on any atom is -0.453 e. The summed E-state index contributed by atoms with van der Waals surface area (Å²) in [4.78, 5) is 31.5. The summed E-state index contributed by atoms with van der Waals surface area (Å²) in [6.07, 6.45) is 2.38. The van der Waals surface area contributed by atoms with E-state index in [1.807, 2.05) is 38.1 Å². The van der Waals surface area contributed by atoms with Gasteiger partial charge in [0.05, 0.1) is 30.2 Å². The van der Waals surface area contributed by atoms with Gasteiger partial charge in [-0.05, 0) is 84.9 Å². The molecule has 1 saturated heterocycles. The Morgan fingerprint density at radius 2 is 1.79 bits per heavy atom. The number of alkyl halides is 2. The SMILES string of the molecule is CN1CCCC1c1nc2ccc(-c3ccc4c(c3)C(F)(F)c3cc(N)ccc3-4)cc2[nH]1.COC(=O)NC(C=O)C(C)C. The van der Waals surface area contributed by atoms with Crippen molar-refractivity contribution in [1.82, 2.24) is 20.2 Å². The summed E-state index contributed by atoms with van der Waals surface area (Å²) >= 11 is 0. The molecule has 3 aromatic carbocycles. The highest BCUT2D eigenvalue weighted by atomic mass is 19.3. The number of carbonyl (C=O) groups is 2. The van der Waals surface area contributed by atoms with E-state index >= 15 is 8.78 Å². The van der Waals surface area contributed by atoms with Gasteiger partial charge in [0.25, 0.3) is 5.92 Å². The summed E-state index contributed by atoms with van der Waals surface area (Å²) in [5, 5.41) is 2.39. The van der Waals surface area contributed by atoms with Gasteiger partial charge in [-0.25, -0.2) is 9.78 Å². The van der Waals surface area contributed by atoms with E-state index in [0.717, 1.165) is 41.0 Å². The van der Waals surface area contributed by atoms with Crippen LogP contribution in [0.25, 0.3) is 33.3 Å². The number of nitrogens with one attached hydrogen (secondary N) is 2. The number of likely N-dealkylation sites (tertiary alicyclic amines) is 1. The molecule has 1 aromatic heterocycles. The largest absolute Gasteiger partial charge is 0.453 e. The molecule has 1 fully saturated rings. The van der Waals surface area contributed by atoms with E-state index in [1.165, 1.54) is 19.6 Å². The average molecular weight is 576 g/mol. The van der Waals surface area contributed by atoms with Gasteiger partial charge >= 0.3 is 6.09 Å². The van der Waals surface area contributed by atoms with E-state index in [9.17, 15) is 9.59 Å². The Morgan fingerprint density at radius 1 is 1.12 bits per heavy atom. The van der Waals surface area contributed by atoms with E-state index in [1.54, 1.807) is 24.3 Å². The van der Waals surface area contributed by atoms with Crippen LogP contribution in [-0.4, -0.2) is 54.0 Å². The average Bonchev–Trinajstić information content (AvgIpc) is 3.65. The van der Waals surface area contributed by atoms with Crippen LogP contribution in [0.2, 0.25) is 0 Å². The van der Waals surface area contributed by atoms with Gasteiger partial charge in [-0.2, -0.15) is 8.78 Å². The lowest BCUT2D eigenvalue weighted by atomic mass is 9.98. The monoisotopic (exact) mass is 575 g/mol. The quantitative estimate of drug-likeness (QED) is 0.191. The number of ether oxygens (including phenoxy) is 1. The third-order valence-electron chi connectivity index (χ3n) is 8.03. The number of nitrogen functional groups attached to an aromatic ring is 1. The van der Waals surface area contributed by atoms with Crippen molar-refractivity contribution in [2.45, 2.75) is 44.7 Å². The third kappa shape index (κ3) is 5.46. The highest BCUT2D eigenvalue weighted by Gasteiger charge is 2.44. The zero-order chi connectivity index (χ0) is 30.2. The van der Waals surface area contributed by atoms with E-state index in [2.05, 4.69) is 27.0 Å². The molecule has 42 heavy (non-hydrogen) atoms. The fourth-order valence-electron chi connectivity index (χ4n) is 5.60. The Labute approximate surface area is 243 Å². The molecule has 4 aromatic rings. The molecule has 6 rings (SSSR count). The number of benzene rings is 3. The van der Waals surface area contributed by atoms with E-state index in [4.69, 9.17) is 10.7 Å². The molecular formula is C32H35F2N5O3. The second kappa shape index (κ2) is 11.5. The van der Waals surface area contributed by atoms with E-state index < -0.39 is 18.1 Å². The molecule has 4 N–H and O–H groups in total. The summed E-state index contributed by atoms with van der Waals surface area (Å²) in [5.74, 6) is -2.00. The fraction of sp³-hybridized carbons (Fsp3) is 0.344. The van der Waals surface area contributed by atoms with Gasteiger partial charge in [0, 0.05) is 16.8 Å². The molecule has 2 atom stereocenters. The summed E-state index contributed by atoms with van der Waals surface area (Å²) in [7, 11) is 3.38. The van der Waals surface area contributed by atoms with Gasteiger partial charge in [-0.15, -0.1) is 0 Å². The maximum atomic E-state index is 15.2. The normalized spacial score (nSPS) is 17.7. The number of aldehydes is 1. The number of methoxy groups -OCH3 is 1. The van der Waals surface area contributed by atoms with Crippen LogP contribution in [0.3, 0.4) is 0 Å². The first-order valence-electron chi connectivity index (χ1n) is 14.0. The number of aromatic amines is 1. The lowest BCUT2D eigenvalue weighted by Gasteiger charge is -2.16. The second-order valence-electron chi connectivity index (χ2n) is 11.2. The summed E-state index contributed by atoms with van der Waals surface area (Å²) in [6, 6.07) is 15.8. The number of halogens is 2. The Balaban J connectivity index is 0.000000276. The van der Waals surface area contributed by atoms with Gasteiger partial charge in [0.15, 0.2) is 0 Å². The minimum atomic E-state index is -3.06. The van der Waals surface area contributed by atoms with Crippen molar-refractivity contribution in [1.29, 1.82) is 0 Å². The van der Waals surface area contributed by atoms with Crippen LogP contribution in [0.4, 0.5) is 19.3 Å². The number of carbonyl (C=O) groups excluding carboxylic acids is 2. The van der Waals surface area contributed by atoms with Crippen molar-refractivity contribution >= 4 is 29.1 Å². The number of fused-ring (bicyclic) bond motifs is 4. The second-order valence-corrected chi connectivity index (χ2v) is 11.2. The maximum Gasteiger partial charge on any atom is 0.407 e. The fourth-order valence-corrected chi connectivity index (χ4v) is 5.60. The number of anilines is 1. The first-order chi connectivity index (χ1) is 20.0. The van der Waals surface area contributed by atoms with Crippen molar-refractivity contribution in [2.75, 3.05) is 26.4 Å². The van der Waals surface area contributed by atoms with Gasteiger partial charge in [0.1, 0.15) is 12.1 Å². The van der Waals surface area contributed by atoms with Gasteiger partial charge < -0.3 is 25.6 Å². The number of hydrogen-bond acceptors (Lipinski definition) is 6. The molecule has 2 heterocycles. The molecule has 8 nitrogen and oxygen atoms in total. The molecule has 1 amide bonds. The third-order valence-corrected chi connectivity index (χ3v) is 8.03. The molecule has 220 valence electrons. The van der Waals surface area contributed by atoms with Crippen LogP contribution >= 0.6 is 0 Å². The molecule has 0 saturated carbocycles. The van der Waals surface area contributed by atoms with Gasteiger partial charge in [-0.1, -0.05) is 38.1 Å². The number of nitrogens with zero attached hydrogens (tertiary/aromatic N) is 2. The van der Waals surface area contributed by atoms with Crippen LogP contribution in [0.15, 0.2) is 54.6 Å². The first-order valence-corrected chi connectivity index (χ1v) is 14.0. The smallest absolute Gasteiger partial charge is 0.407 e. The zero-order valence-corrected chi connectivity index (χ0v) is 24.1. The van der Waals surface area contributed by atoms with E-state index in [0.29, 0.717) is 29.1 Å². The predicted octanol–water partition coefficient (Wildman–Crippen LogP) is 6.27. The molecule has 1 aliphatic heterocycles. The van der Waals surface area contributed by atoms with Crippen LogP contribution in [0.5, 0.6) is 0 Å². The number of rotatable bonds is 5. The number of H-pyrrole nitrogens is 1. The molecule has 1 aliphatic carbocycles. The maximum absolute atomic E-state index is 15.2. The summed E-state index contributed by atoms with van der Waals surface area (Å²) in [5.41, 5.74) is 10.7. The van der Waals surface area contributed by atoms with Gasteiger partial charge in [-0.3, -0.25) is 4.90 Å². The standard InChI is InChI=1S/C25H22F2N4.C7H13NO3/c1-31-10-2-3-23(31)24-29-21-9-5-15(12-22(21)30-24)14-4-7-17-18-8-6-16(28)13-20(18)25(26,27)19(17)11-14;1-5(2)6(4-9)8-7(10)11-3/h4-9,11-13,23H,2-3,10,28H2,1H3,(H,29,30);4-6H,1-3H3,(H,8,10). The Bertz CT molecular complexity index is 1630. The molecular weight excluding hydrogens is 540 g/mol. The zero-order valence-electron chi connectivity index (χ0n) is 24.1. The van der Waals surface area contributed by atoms with Crippen LogP contribution < -0.4 is 11.1 Å². The van der Waals surface area contributed by atoms with Crippen LogP contribution in [0, 0.1) is 5.92 Å². The number of hydrogen-bond donors (Lipinski definition) is 3. The molecule has 0 bridgehead atoms. The number of aromatic nitrogens is 2. The summed E-state index contributed by atoms with van der Waals surface area (Å²) < 4.78 is 34.7. The number of alkyl carbamates (subject to hydrolysis) is 1. The van der Waals surface area contributed by atoms with Crippen LogP contribution in [0.1, 0.15) is 49.7 Å². The van der Waals surface area contributed by atoms with Crippen molar-refractivity contribution in [3.63, 3.8) is 0 Å². The van der Waals surface area contributed by atoms with Crippen molar-refractivity contribution in [3.05, 3.63) is 71.5 Å². The number of nitrogens with two attached hydrogens (primary N) is 1. The van der Waals surface area contributed by atoms with Crippen LogP contribution in [-0.2, 0) is 15.5 Å². The summed E-state index contributed by atoms with van der Waals surface area (Å²) in [6.45, 7) is 4.76. The molecule has 2 aliphatic rings. The number of amides is 1. The van der Waals surface area contributed by atoms with Crippen molar-refractivity contribution in [2.24, 2.45) is 5.92 Å². The van der Waals surface area contributed by atoms with Crippen molar-refractivity contribution < 1.29 is 23.1 Å². The molecule has 0 spiro atoms. The van der Waals surface area contributed by atoms with Gasteiger partial charge in [0.2, 0.25) is 0 Å². The first kappa shape index (κ1) is 29.2. The Morgan fingerprint density at radius 3 is 2.43 bits per heavy atom. The number of imidazole rings is 1. The minimum absolute atomic E-state index is 0.0194. The highest BCUT2D eigenvalue weighted by molar-refractivity contribution is 5.86. The molecule has 0 radical (unpaired) electrons. The van der Waals surface area contributed by atoms with E-state index in [-0.39, 0.29) is 17.0 Å². The lowest BCUT2D eigenvalue weighted by molar-refractivity contribution is -0.110. The Kier molecular flexibility index (Phi) is 8.01. The molecule has 2 unspecified atom stereocenters. The molecule has 10 heteroatoms. The highest BCUT2D eigenvalue weighted by Crippen LogP contribution is 2.52. The predicted molar refractivity (Wildman–Crippen MR) is 159 cm³/mol. The lowest BCUT2D eigenvalue weighted by Crippen LogP contribution is -2.39. The topological polar surface area (TPSA) is 113 Å². The van der Waals surface area contributed by atoms with Crippen molar-refractivity contribution in [3.8, 4) is 22.3 Å². The Hall–Kier alpha value is -4.31.